The second-order valence-corrected chi connectivity index (χ2v) is 15.4. The fourth-order valence-corrected chi connectivity index (χ4v) is 7.68. The van der Waals surface area contributed by atoms with Crippen molar-refractivity contribution >= 4 is 43.0 Å². The molecular weight excluding hydrogens is 701 g/mol. The van der Waals surface area contributed by atoms with Crippen LogP contribution in [0, 0.1) is 0 Å². The van der Waals surface area contributed by atoms with Gasteiger partial charge in [0, 0.05) is 29.8 Å². The van der Waals surface area contributed by atoms with Gasteiger partial charge in [-0.1, -0.05) is 91.9 Å². The van der Waals surface area contributed by atoms with E-state index in [-0.39, 0.29) is 18.1 Å². The molecule has 0 spiro atoms. The van der Waals surface area contributed by atoms with E-state index in [4.69, 9.17) is 13.4 Å². The van der Waals surface area contributed by atoms with E-state index >= 15 is 0 Å². The maximum absolute atomic E-state index is 13.1. The Hall–Kier alpha value is -5.40. The summed E-state index contributed by atoms with van der Waals surface area (Å²) < 4.78 is 78.6. The first-order valence-electron chi connectivity index (χ1n) is 16.7. The van der Waals surface area contributed by atoms with Crippen LogP contribution in [0.1, 0.15) is 24.7 Å². The molecule has 0 atom stereocenters. The summed E-state index contributed by atoms with van der Waals surface area (Å²) in [6, 6.07) is 30.8. The number of nitrogens with zero attached hydrogens (tertiary/aromatic N) is 2. The number of ether oxygens (including phenoxy) is 1. The lowest BCUT2D eigenvalue weighted by atomic mass is 10.0. The van der Waals surface area contributed by atoms with Crippen molar-refractivity contribution in [1.82, 2.24) is 5.06 Å². The van der Waals surface area contributed by atoms with E-state index in [0.29, 0.717) is 52.4 Å². The standard InChI is InChI=1S/C40H36N2O8S2/c1-2-29(24-39-35(28-51(43,44)45)34-26-32(16-18-37(34)48-39)30-12-6-3-7-13-30)25-40-42(22-23-52(46,47)50-41-20-10-5-11-21-41)36-27-33(17-19-38(36)49-40)31-14-8-4-9-15-31/h3-20,24-27H,2,21-23,28H2,1H3,(H,43,44,45)/b29-24-,40-25-. The van der Waals surface area contributed by atoms with Gasteiger partial charge in [-0.05, 0) is 70.7 Å². The molecule has 2 aliphatic rings. The second kappa shape index (κ2) is 14.7. The van der Waals surface area contributed by atoms with Crippen molar-refractivity contribution < 1.29 is 34.8 Å². The van der Waals surface area contributed by atoms with Gasteiger partial charge >= 0.3 is 0 Å². The minimum Gasteiger partial charge on any atom is -0.456 e. The molecule has 12 heteroatoms. The molecule has 0 saturated carbocycles. The number of fused-ring (bicyclic) bond motifs is 2. The van der Waals surface area contributed by atoms with Gasteiger partial charge in [0.1, 0.15) is 17.1 Å². The molecule has 7 rings (SSSR count). The molecule has 5 aromatic rings. The van der Waals surface area contributed by atoms with Gasteiger partial charge in [-0.25, -0.2) is 5.06 Å². The van der Waals surface area contributed by atoms with Crippen molar-refractivity contribution in [1.29, 1.82) is 0 Å². The van der Waals surface area contributed by atoms with Crippen molar-refractivity contribution in [2.45, 2.75) is 19.1 Å². The minimum atomic E-state index is -4.43. The molecule has 2 aliphatic heterocycles. The zero-order valence-electron chi connectivity index (χ0n) is 28.3. The van der Waals surface area contributed by atoms with Crippen molar-refractivity contribution in [3.63, 3.8) is 0 Å². The Kier molecular flexibility index (Phi) is 9.89. The van der Waals surface area contributed by atoms with Gasteiger partial charge in [0.15, 0.2) is 5.75 Å². The van der Waals surface area contributed by atoms with Crippen molar-refractivity contribution in [2.24, 2.45) is 0 Å². The zero-order chi connectivity index (χ0) is 36.3. The number of allylic oxidation sites excluding steroid dienone is 4. The number of hydrogen-bond acceptors (Lipinski definition) is 9. The predicted molar refractivity (Wildman–Crippen MR) is 203 cm³/mol. The topological polar surface area (TPSA) is 127 Å². The van der Waals surface area contributed by atoms with E-state index in [2.05, 4.69) is 0 Å². The maximum atomic E-state index is 13.1. The van der Waals surface area contributed by atoms with Gasteiger partial charge in [0.05, 0.1) is 18.0 Å². The lowest BCUT2D eigenvalue weighted by Gasteiger charge is -2.22. The van der Waals surface area contributed by atoms with E-state index in [9.17, 15) is 21.4 Å². The van der Waals surface area contributed by atoms with Crippen LogP contribution < -0.4 is 9.64 Å². The number of furan rings is 1. The Balaban J connectivity index is 1.26. The van der Waals surface area contributed by atoms with Gasteiger partial charge in [-0.3, -0.25) is 4.55 Å². The first-order valence-corrected chi connectivity index (χ1v) is 19.9. The molecule has 10 nitrogen and oxygen atoms in total. The highest BCUT2D eigenvalue weighted by molar-refractivity contribution is 7.86. The summed E-state index contributed by atoms with van der Waals surface area (Å²) in [5.41, 5.74) is 5.92. The Morgan fingerprint density at radius 3 is 2.21 bits per heavy atom. The third-order valence-corrected chi connectivity index (χ3v) is 10.4. The smallest absolute Gasteiger partial charge is 0.289 e. The Morgan fingerprint density at radius 1 is 0.865 bits per heavy atom. The molecule has 0 radical (unpaired) electrons. The highest BCUT2D eigenvalue weighted by Gasteiger charge is 2.30. The van der Waals surface area contributed by atoms with Crippen LogP contribution in [0.25, 0.3) is 39.3 Å². The quantitative estimate of drug-likeness (QED) is 0.125. The molecule has 0 fully saturated rings. The summed E-state index contributed by atoms with van der Waals surface area (Å²) >= 11 is 0. The minimum absolute atomic E-state index is 0.0186. The van der Waals surface area contributed by atoms with E-state index in [1.54, 1.807) is 41.5 Å². The van der Waals surface area contributed by atoms with Gasteiger partial charge in [0.25, 0.3) is 20.2 Å². The highest BCUT2D eigenvalue weighted by atomic mass is 32.2. The largest absolute Gasteiger partial charge is 0.456 e. The third-order valence-electron chi connectivity index (χ3n) is 8.69. The molecule has 1 N–H and O–H groups in total. The monoisotopic (exact) mass is 736 g/mol. The molecule has 0 saturated heterocycles. The maximum Gasteiger partial charge on any atom is 0.289 e. The molecule has 0 unspecified atom stereocenters. The number of anilines is 1. The summed E-state index contributed by atoms with van der Waals surface area (Å²) in [5.74, 6) is 0.220. The van der Waals surface area contributed by atoms with Crippen LogP contribution >= 0.6 is 0 Å². The fraction of sp³-hybridized carbons (Fsp3) is 0.150. The SMILES string of the molecule is CCC(=C/c1oc2ccc(-c3ccccc3)cc2c1CS(=O)(=O)O)/C=C1\Oc2ccc(-c3ccccc3)cc2N1CCS(=O)(=O)ON1C=CC=CC1. The first kappa shape index (κ1) is 35.0. The Morgan fingerprint density at radius 2 is 1.56 bits per heavy atom. The van der Waals surface area contributed by atoms with Crippen LogP contribution in [0.15, 0.2) is 143 Å². The highest BCUT2D eigenvalue weighted by Crippen LogP contribution is 2.42. The summed E-state index contributed by atoms with van der Waals surface area (Å²) in [6.45, 7) is 2.25. The zero-order valence-corrected chi connectivity index (χ0v) is 29.9. The fourth-order valence-electron chi connectivity index (χ4n) is 6.14. The second-order valence-electron chi connectivity index (χ2n) is 12.3. The van der Waals surface area contributed by atoms with Crippen molar-refractivity contribution in [3.05, 3.63) is 150 Å². The van der Waals surface area contributed by atoms with Crippen LogP contribution in [0.4, 0.5) is 5.69 Å². The Labute approximate surface area is 303 Å². The third kappa shape index (κ3) is 8.05. The molecule has 52 heavy (non-hydrogen) atoms. The van der Waals surface area contributed by atoms with Crippen molar-refractivity contribution in [3.8, 4) is 28.0 Å². The molecule has 0 bridgehead atoms. The van der Waals surface area contributed by atoms with Crippen LogP contribution in [0.2, 0.25) is 0 Å². The van der Waals surface area contributed by atoms with Gasteiger partial charge in [0.2, 0.25) is 5.88 Å². The average Bonchev–Trinajstić information content (AvgIpc) is 3.66. The molecule has 3 heterocycles. The van der Waals surface area contributed by atoms with Crippen LogP contribution in [-0.2, 0) is 30.3 Å². The number of hydroxylamine groups is 2. The van der Waals surface area contributed by atoms with Gasteiger partial charge in [-0.15, -0.1) is 4.28 Å². The summed E-state index contributed by atoms with van der Waals surface area (Å²) in [7, 11) is -8.42. The number of hydrogen-bond donors (Lipinski definition) is 1. The Bertz CT molecular complexity index is 2450. The molecule has 4 aromatic carbocycles. The van der Waals surface area contributed by atoms with E-state index in [1.165, 1.54) is 5.06 Å². The molecule has 0 amide bonds. The molecule has 266 valence electrons. The summed E-state index contributed by atoms with van der Waals surface area (Å²) in [5, 5.41) is 1.82. The summed E-state index contributed by atoms with van der Waals surface area (Å²) in [6.07, 6.45) is 10.8. The van der Waals surface area contributed by atoms with Crippen LogP contribution in [0.5, 0.6) is 5.75 Å². The molecular formula is C40H36N2O8S2. The van der Waals surface area contributed by atoms with Crippen LogP contribution in [-0.4, -0.2) is 45.3 Å². The van der Waals surface area contributed by atoms with Crippen molar-refractivity contribution in [2.75, 3.05) is 23.7 Å². The average molecular weight is 737 g/mol. The lowest BCUT2D eigenvalue weighted by molar-refractivity contribution is 0.0121. The number of rotatable bonds is 12. The van der Waals surface area contributed by atoms with E-state index in [1.807, 2.05) is 104 Å². The van der Waals surface area contributed by atoms with Gasteiger partial charge in [-0.2, -0.15) is 16.8 Å². The van der Waals surface area contributed by atoms with Gasteiger partial charge < -0.3 is 14.1 Å². The normalized spacial score (nSPS) is 15.4. The van der Waals surface area contributed by atoms with E-state index < -0.39 is 26.0 Å². The van der Waals surface area contributed by atoms with E-state index in [0.717, 1.165) is 22.3 Å². The summed E-state index contributed by atoms with van der Waals surface area (Å²) in [4.78, 5) is 1.79. The number of benzene rings is 4. The van der Waals surface area contributed by atoms with Crippen LogP contribution in [0.3, 0.4) is 0 Å². The molecule has 1 aromatic heterocycles. The molecule has 0 aliphatic carbocycles. The lowest BCUT2D eigenvalue weighted by Crippen LogP contribution is -2.31. The predicted octanol–water partition coefficient (Wildman–Crippen LogP) is 8.34. The first-order chi connectivity index (χ1) is 25.0.